The van der Waals surface area contributed by atoms with Crippen molar-refractivity contribution in [1.82, 2.24) is 39.4 Å². The molecule has 0 radical (unpaired) electrons. The summed E-state index contributed by atoms with van der Waals surface area (Å²) in [6, 6.07) is 6.09. The third-order valence-corrected chi connectivity index (χ3v) is 4.83. The van der Waals surface area contributed by atoms with E-state index >= 15 is 0 Å². The highest BCUT2D eigenvalue weighted by atomic mass is 15.4. The Bertz CT molecular complexity index is 787. The summed E-state index contributed by atoms with van der Waals surface area (Å²) in [6.07, 6.45) is 7.29. The van der Waals surface area contributed by atoms with E-state index in [1.165, 1.54) is 6.33 Å². The molecule has 0 amide bonds. The Hall–Kier alpha value is -2.61. The minimum atomic E-state index is 0.460. The first-order chi connectivity index (χ1) is 12.3. The summed E-state index contributed by atoms with van der Waals surface area (Å²) in [5, 5.41) is 12.9. The van der Waals surface area contributed by atoms with E-state index in [9.17, 15) is 0 Å². The highest BCUT2D eigenvalue weighted by Crippen LogP contribution is 2.27. The van der Waals surface area contributed by atoms with Gasteiger partial charge in [-0.25, -0.2) is 9.67 Å². The fourth-order valence-electron chi connectivity index (χ4n) is 3.40. The molecule has 0 unspecified atom stereocenters. The van der Waals surface area contributed by atoms with Crippen molar-refractivity contribution in [2.75, 3.05) is 13.1 Å². The molecule has 4 heterocycles. The Labute approximate surface area is 146 Å². The Balaban J connectivity index is 1.37. The van der Waals surface area contributed by atoms with Crippen molar-refractivity contribution in [2.45, 2.75) is 31.8 Å². The molecule has 0 N–H and O–H groups in total. The third kappa shape index (κ3) is 3.58. The van der Waals surface area contributed by atoms with E-state index in [4.69, 9.17) is 0 Å². The fourth-order valence-corrected chi connectivity index (χ4v) is 3.40. The first-order valence-electron chi connectivity index (χ1n) is 8.62. The van der Waals surface area contributed by atoms with E-state index in [0.29, 0.717) is 12.5 Å². The Morgan fingerprint density at radius 1 is 1.12 bits per heavy atom. The van der Waals surface area contributed by atoms with E-state index in [1.807, 2.05) is 25.4 Å². The van der Waals surface area contributed by atoms with E-state index in [2.05, 4.69) is 40.8 Å². The van der Waals surface area contributed by atoms with Gasteiger partial charge in [-0.1, -0.05) is 6.07 Å². The largest absolute Gasteiger partial charge is 0.316 e. The lowest BCUT2D eigenvalue weighted by Gasteiger charge is -2.31. The van der Waals surface area contributed by atoms with Gasteiger partial charge in [0.25, 0.3) is 0 Å². The molecule has 0 bridgehead atoms. The maximum absolute atomic E-state index is 4.45. The van der Waals surface area contributed by atoms with Crippen LogP contribution in [0.3, 0.4) is 0 Å². The first kappa shape index (κ1) is 15.9. The van der Waals surface area contributed by atoms with Crippen molar-refractivity contribution in [1.29, 1.82) is 0 Å². The second-order valence-corrected chi connectivity index (χ2v) is 6.50. The van der Waals surface area contributed by atoms with Gasteiger partial charge in [0, 0.05) is 25.7 Å². The van der Waals surface area contributed by atoms with Crippen LogP contribution in [0.2, 0.25) is 0 Å². The lowest BCUT2D eigenvalue weighted by Crippen LogP contribution is -2.33. The van der Waals surface area contributed by atoms with Gasteiger partial charge in [0.2, 0.25) is 0 Å². The second-order valence-electron chi connectivity index (χ2n) is 6.50. The number of rotatable bonds is 5. The lowest BCUT2D eigenvalue weighted by molar-refractivity contribution is 0.198. The van der Waals surface area contributed by atoms with Crippen LogP contribution in [-0.4, -0.2) is 52.5 Å². The molecule has 25 heavy (non-hydrogen) atoms. The molecule has 1 fully saturated rings. The number of pyridine rings is 1. The molecule has 0 atom stereocenters. The smallest absolute Gasteiger partial charge is 0.154 e. The Morgan fingerprint density at radius 2 is 2.00 bits per heavy atom. The molecule has 8 heteroatoms. The Morgan fingerprint density at radius 3 is 2.72 bits per heavy atom. The summed E-state index contributed by atoms with van der Waals surface area (Å²) in [4.78, 5) is 10.9. The van der Waals surface area contributed by atoms with E-state index < -0.39 is 0 Å². The standard InChI is InChI=1S/C17H22N8/c1-23-16(11-25-13-18-12-20-25)21-22-17(23)14-5-8-24(9-6-14)10-15-4-2-3-7-19-15/h2-4,7,12-14H,5-6,8-11H2,1H3. The predicted octanol–water partition coefficient (Wildman–Crippen LogP) is 1.23. The summed E-state index contributed by atoms with van der Waals surface area (Å²) in [6.45, 7) is 3.64. The van der Waals surface area contributed by atoms with Gasteiger partial charge in [-0.3, -0.25) is 9.88 Å². The minimum Gasteiger partial charge on any atom is -0.316 e. The molecule has 1 aliphatic heterocycles. The van der Waals surface area contributed by atoms with E-state index in [-0.39, 0.29) is 0 Å². The fraction of sp³-hybridized carbons (Fsp3) is 0.471. The molecular weight excluding hydrogens is 316 g/mol. The normalized spacial score (nSPS) is 16.4. The molecule has 1 aliphatic rings. The maximum Gasteiger partial charge on any atom is 0.154 e. The molecule has 130 valence electrons. The van der Waals surface area contributed by atoms with Gasteiger partial charge >= 0.3 is 0 Å². The zero-order chi connectivity index (χ0) is 17.1. The van der Waals surface area contributed by atoms with Gasteiger partial charge in [-0.05, 0) is 38.1 Å². The van der Waals surface area contributed by atoms with Crippen molar-refractivity contribution in [3.8, 4) is 0 Å². The van der Waals surface area contributed by atoms with Crippen LogP contribution in [0.15, 0.2) is 37.1 Å². The summed E-state index contributed by atoms with van der Waals surface area (Å²) >= 11 is 0. The summed E-state index contributed by atoms with van der Waals surface area (Å²) in [5.74, 6) is 2.45. The monoisotopic (exact) mass is 338 g/mol. The van der Waals surface area contributed by atoms with Crippen molar-refractivity contribution in [2.24, 2.45) is 7.05 Å². The molecule has 4 rings (SSSR count). The van der Waals surface area contributed by atoms with Crippen LogP contribution in [-0.2, 0) is 20.1 Å². The van der Waals surface area contributed by atoms with E-state index in [1.54, 1.807) is 11.0 Å². The van der Waals surface area contributed by atoms with Crippen LogP contribution in [0.25, 0.3) is 0 Å². The van der Waals surface area contributed by atoms with Crippen LogP contribution in [0, 0.1) is 0 Å². The molecule has 0 aliphatic carbocycles. The lowest BCUT2D eigenvalue weighted by atomic mass is 9.96. The van der Waals surface area contributed by atoms with Gasteiger partial charge in [-0.15, -0.1) is 10.2 Å². The number of aromatic nitrogens is 7. The van der Waals surface area contributed by atoms with Crippen molar-refractivity contribution in [3.05, 3.63) is 54.4 Å². The average molecular weight is 338 g/mol. The van der Waals surface area contributed by atoms with Gasteiger partial charge in [0.1, 0.15) is 25.0 Å². The molecule has 3 aromatic rings. The van der Waals surface area contributed by atoms with Crippen LogP contribution in [0.4, 0.5) is 0 Å². The van der Waals surface area contributed by atoms with Crippen LogP contribution < -0.4 is 0 Å². The van der Waals surface area contributed by atoms with Gasteiger partial charge < -0.3 is 4.57 Å². The van der Waals surface area contributed by atoms with Gasteiger partial charge in [0.05, 0.1) is 5.69 Å². The zero-order valence-corrected chi connectivity index (χ0v) is 14.4. The molecule has 1 saturated heterocycles. The van der Waals surface area contributed by atoms with Crippen molar-refractivity contribution >= 4 is 0 Å². The average Bonchev–Trinajstić information content (AvgIpc) is 3.28. The van der Waals surface area contributed by atoms with Gasteiger partial charge in [0.15, 0.2) is 5.82 Å². The summed E-state index contributed by atoms with van der Waals surface area (Å²) in [7, 11) is 2.04. The summed E-state index contributed by atoms with van der Waals surface area (Å²) < 4.78 is 3.88. The third-order valence-electron chi connectivity index (χ3n) is 4.83. The van der Waals surface area contributed by atoms with Gasteiger partial charge in [-0.2, -0.15) is 5.10 Å². The topological polar surface area (TPSA) is 77.5 Å². The van der Waals surface area contributed by atoms with E-state index in [0.717, 1.165) is 49.8 Å². The molecular formula is C17H22N8. The van der Waals surface area contributed by atoms with Crippen LogP contribution in [0.5, 0.6) is 0 Å². The second kappa shape index (κ2) is 7.10. The van der Waals surface area contributed by atoms with Crippen molar-refractivity contribution < 1.29 is 0 Å². The summed E-state index contributed by atoms with van der Waals surface area (Å²) in [5.41, 5.74) is 1.13. The quantitative estimate of drug-likeness (QED) is 0.696. The number of nitrogens with zero attached hydrogens (tertiary/aromatic N) is 8. The van der Waals surface area contributed by atoms with Crippen molar-refractivity contribution in [3.63, 3.8) is 0 Å². The highest BCUT2D eigenvalue weighted by molar-refractivity contribution is 5.06. The number of likely N-dealkylation sites (tertiary alicyclic amines) is 1. The minimum absolute atomic E-state index is 0.460. The number of hydrogen-bond donors (Lipinski definition) is 0. The Kier molecular flexibility index (Phi) is 4.51. The number of hydrogen-bond acceptors (Lipinski definition) is 6. The molecule has 8 nitrogen and oxygen atoms in total. The van der Waals surface area contributed by atoms with Crippen LogP contribution in [0.1, 0.15) is 36.1 Å². The molecule has 0 spiro atoms. The molecule has 3 aromatic heterocycles. The molecule has 0 saturated carbocycles. The van der Waals surface area contributed by atoms with Crippen LogP contribution >= 0.6 is 0 Å². The zero-order valence-electron chi connectivity index (χ0n) is 14.4. The molecule has 0 aromatic carbocycles. The SMILES string of the molecule is Cn1c(Cn2cncn2)nnc1C1CCN(Cc2ccccn2)CC1. The first-order valence-corrected chi connectivity index (χ1v) is 8.62. The predicted molar refractivity (Wildman–Crippen MR) is 91.6 cm³/mol. The number of piperidine rings is 1. The highest BCUT2D eigenvalue weighted by Gasteiger charge is 2.25. The maximum atomic E-state index is 4.45.